The van der Waals surface area contributed by atoms with Crippen molar-refractivity contribution in [1.29, 1.82) is 0 Å². The lowest BCUT2D eigenvalue weighted by molar-refractivity contribution is 0.316. The minimum absolute atomic E-state index is 0.419. The zero-order valence-corrected chi connectivity index (χ0v) is 9.96. The van der Waals surface area contributed by atoms with Crippen LogP contribution in [0, 0.1) is 0 Å². The molecule has 0 unspecified atom stereocenters. The van der Waals surface area contributed by atoms with Gasteiger partial charge in [-0.25, -0.2) is 4.98 Å². The van der Waals surface area contributed by atoms with Crippen molar-refractivity contribution in [3.8, 4) is 0 Å². The zero-order valence-electron chi connectivity index (χ0n) is 9.20. The molecule has 1 N–H and O–H groups in total. The summed E-state index contributed by atoms with van der Waals surface area (Å²) >= 11 is 5.72. The summed E-state index contributed by atoms with van der Waals surface area (Å²) in [6.07, 6.45) is 3.20. The number of rotatable bonds is 6. The summed E-state index contributed by atoms with van der Waals surface area (Å²) in [6.45, 7) is 8.31. The Bertz CT molecular complexity index is 289. The summed E-state index contributed by atoms with van der Waals surface area (Å²) < 4.78 is 0. The minimum Gasteiger partial charge on any atom is -0.367 e. The Hall–Kier alpha value is -0.870. The molecular weight excluding hydrogens is 212 g/mol. The van der Waals surface area contributed by atoms with Gasteiger partial charge in [-0.1, -0.05) is 25.4 Å². The number of anilines is 1. The van der Waals surface area contributed by atoms with Crippen LogP contribution in [0.1, 0.15) is 13.8 Å². The highest BCUT2D eigenvalue weighted by Crippen LogP contribution is 2.05. The Morgan fingerprint density at radius 1 is 1.33 bits per heavy atom. The van der Waals surface area contributed by atoms with Gasteiger partial charge in [0.15, 0.2) is 0 Å². The summed E-state index contributed by atoms with van der Waals surface area (Å²) in [5, 5.41) is 3.60. The number of aromatic nitrogens is 2. The fourth-order valence-electron chi connectivity index (χ4n) is 1.31. The number of hydrogen-bond donors (Lipinski definition) is 1. The van der Waals surface area contributed by atoms with Gasteiger partial charge in [0.05, 0.1) is 12.4 Å². The topological polar surface area (TPSA) is 41.0 Å². The van der Waals surface area contributed by atoms with E-state index in [0.717, 1.165) is 32.0 Å². The second-order valence-electron chi connectivity index (χ2n) is 3.18. The van der Waals surface area contributed by atoms with Crippen molar-refractivity contribution in [2.75, 3.05) is 31.5 Å². The Balaban J connectivity index is 2.31. The molecule has 15 heavy (non-hydrogen) atoms. The molecule has 0 aliphatic heterocycles. The van der Waals surface area contributed by atoms with Gasteiger partial charge in [0.25, 0.3) is 0 Å². The van der Waals surface area contributed by atoms with E-state index in [9.17, 15) is 0 Å². The van der Waals surface area contributed by atoms with E-state index < -0.39 is 0 Å². The normalized spacial score (nSPS) is 10.7. The van der Waals surface area contributed by atoms with E-state index in [2.05, 4.69) is 34.0 Å². The lowest BCUT2D eigenvalue weighted by Crippen LogP contribution is -2.28. The zero-order chi connectivity index (χ0) is 11.1. The third kappa shape index (κ3) is 4.44. The Labute approximate surface area is 95.7 Å². The predicted octanol–water partition coefficient (Wildman–Crippen LogP) is 1.88. The minimum atomic E-state index is 0.419. The maximum Gasteiger partial charge on any atom is 0.149 e. The Morgan fingerprint density at radius 2 is 2.07 bits per heavy atom. The van der Waals surface area contributed by atoms with E-state index in [-0.39, 0.29) is 0 Å². The monoisotopic (exact) mass is 228 g/mol. The molecule has 1 aromatic rings. The number of hydrogen-bond acceptors (Lipinski definition) is 4. The molecule has 84 valence electrons. The van der Waals surface area contributed by atoms with Crippen LogP contribution < -0.4 is 5.32 Å². The van der Waals surface area contributed by atoms with E-state index in [1.807, 2.05) is 0 Å². The van der Waals surface area contributed by atoms with Gasteiger partial charge in [-0.15, -0.1) is 0 Å². The molecule has 0 radical (unpaired) electrons. The van der Waals surface area contributed by atoms with Gasteiger partial charge in [-0.05, 0) is 13.1 Å². The van der Waals surface area contributed by atoms with E-state index in [0.29, 0.717) is 5.15 Å². The van der Waals surface area contributed by atoms with Crippen LogP contribution in [0.2, 0.25) is 5.15 Å². The van der Waals surface area contributed by atoms with Crippen LogP contribution in [0.15, 0.2) is 12.4 Å². The van der Waals surface area contributed by atoms with Gasteiger partial charge in [-0.3, -0.25) is 4.98 Å². The first kappa shape index (κ1) is 12.2. The van der Waals surface area contributed by atoms with Crippen LogP contribution in [0.25, 0.3) is 0 Å². The van der Waals surface area contributed by atoms with Gasteiger partial charge in [0.1, 0.15) is 11.0 Å². The highest BCUT2D eigenvalue weighted by atomic mass is 35.5. The van der Waals surface area contributed by atoms with Crippen LogP contribution in [-0.2, 0) is 0 Å². The van der Waals surface area contributed by atoms with Crippen LogP contribution in [0.5, 0.6) is 0 Å². The lowest BCUT2D eigenvalue weighted by atomic mass is 10.4. The number of nitrogens with zero attached hydrogens (tertiary/aromatic N) is 3. The SMILES string of the molecule is CCN(CC)CCNc1cncc(Cl)n1. The number of nitrogens with one attached hydrogen (secondary N) is 1. The van der Waals surface area contributed by atoms with Crippen LogP contribution >= 0.6 is 11.6 Å². The van der Waals surface area contributed by atoms with E-state index in [1.54, 1.807) is 6.20 Å². The van der Waals surface area contributed by atoms with Crippen molar-refractivity contribution in [2.24, 2.45) is 0 Å². The van der Waals surface area contributed by atoms with Crippen LogP contribution in [0.3, 0.4) is 0 Å². The molecule has 0 amide bonds. The molecule has 0 bridgehead atoms. The summed E-state index contributed by atoms with van der Waals surface area (Å²) in [4.78, 5) is 10.4. The fourth-order valence-corrected chi connectivity index (χ4v) is 1.46. The molecule has 5 heteroatoms. The second-order valence-corrected chi connectivity index (χ2v) is 3.57. The molecule has 0 aromatic carbocycles. The maximum absolute atomic E-state index is 5.72. The third-order valence-corrected chi connectivity index (χ3v) is 2.42. The van der Waals surface area contributed by atoms with Gasteiger partial charge in [0.2, 0.25) is 0 Å². The summed E-state index contributed by atoms with van der Waals surface area (Å²) in [7, 11) is 0. The van der Waals surface area contributed by atoms with Crippen molar-refractivity contribution in [2.45, 2.75) is 13.8 Å². The van der Waals surface area contributed by atoms with Crippen molar-refractivity contribution in [3.63, 3.8) is 0 Å². The fraction of sp³-hybridized carbons (Fsp3) is 0.600. The predicted molar refractivity (Wildman–Crippen MR) is 63.3 cm³/mol. The lowest BCUT2D eigenvalue weighted by Gasteiger charge is -2.17. The van der Waals surface area contributed by atoms with E-state index in [4.69, 9.17) is 11.6 Å². The second kappa shape index (κ2) is 6.58. The molecule has 0 saturated carbocycles. The summed E-state index contributed by atoms with van der Waals surface area (Å²) in [5.74, 6) is 0.731. The summed E-state index contributed by atoms with van der Waals surface area (Å²) in [5.41, 5.74) is 0. The van der Waals surface area contributed by atoms with Crippen molar-refractivity contribution in [3.05, 3.63) is 17.5 Å². The molecule has 1 rings (SSSR count). The molecule has 0 aliphatic rings. The molecule has 0 saturated heterocycles. The smallest absolute Gasteiger partial charge is 0.149 e. The highest BCUT2D eigenvalue weighted by Gasteiger charge is 1.99. The quantitative estimate of drug-likeness (QED) is 0.808. The molecule has 1 aromatic heterocycles. The first-order valence-corrected chi connectivity index (χ1v) is 5.57. The molecule has 0 fully saturated rings. The van der Waals surface area contributed by atoms with Gasteiger partial charge < -0.3 is 10.2 Å². The molecule has 4 nitrogen and oxygen atoms in total. The van der Waals surface area contributed by atoms with Crippen LogP contribution in [-0.4, -0.2) is 41.0 Å². The average Bonchev–Trinajstić information content (AvgIpc) is 2.25. The first-order chi connectivity index (χ1) is 7.26. The van der Waals surface area contributed by atoms with E-state index >= 15 is 0 Å². The van der Waals surface area contributed by atoms with Gasteiger partial charge in [-0.2, -0.15) is 0 Å². The standard InChI is InChI=1S/C10H17ClN4/c1-3-15(4-2)6-5-13-10-8-12-7-9(11)14-10/h7-8H,3-6H2,1-2H3,(H,13,14). The highest BCUT2D eigenvalue weighted by molar-refractivity contribution is 6.29. The average molecular weight is 229 g/mol. The number of halogens is 1. The molecular formula is C10H17ClN4. The van der Waals surface area contributed by atoms with Gasteiger partial charge in [0, 0.05) is 13.1 Å². The van der Waals surface area contributed by atoms with Crippen LogP contribution in [0.4, 0.5) is 5.82 Å². The first-order valence-electron chi connectivity index (χ1n) is 5.20. The maximum atomic E-state index is 5.72. The molecule has 0 atom stereocenters. The molecule has 0 spiro atoms. The third-order valence-electron chi connectivity index (χ3n) is 2.23. The van der Waals surface area contributed by atoms with Crippen molar-refractivity contribution >= 4 is 17.4 Å². The Kier molecular flexibility index (Phi) is 5.36. The van der Waals surface area contributed by atoms with Crippen molar-refractivity contribution in [1.82, 2.24) is 14.9 Å². The summed E-state index contributed by atoms with van der Waals surface area (Å²) in [6, 6.07) is 0. The Morgan fingerprint density at radius 3 is 2.67 bits per heavy atom. The van der Waals surface area contributed by atoms with Gasteiger partial charge >= 0.3 is 0 Å². The van der Waals surface area contributed by atoms with Crippen molar-refractivity contribution < 1.29 is 0 Å². The molecule has 0 aliphatic carbocycles. The van der Waals surface area contributed by atoms with E-state index in [1.165, 1.54) is 6.20 Å². The number of likely N-dealkylation sites (N-methyl/N-ethyl adjacent to an activating group) is 1. The largest absolute Gasteiger partial charge is 0.367 e. The molecule has 1 heterocycles.